The molecule has 0 N–H and O–H groups in total. The highest BCUT2D eigenvalue weighted by atomic mass is 32.1. The molecule has 0 unspecified atom stereocenters. The Morgan fingerprint density at radius 3 is 1.24 bits per heavy atom. The van der Waals surface area contributed by atoms with Crippen LogP contribution in [0, 0.1) is 45.3 Å². The quantitative estimate of drug-likeness (QED) is 0.0479. The number of nitrogens with zero attached hydrogens (tertiary/aromatic N) is 4. The molecule has 0 amide bonds. The van der Waals surface area contributed by atoms with Crippen LogP contribution >= 0.6 is 22.7 Å². The van der Waals surface area contributed by atoms with E-state index in [9.17, 15) is 30.6 Å². The molecular formula is C63H54N4O2S2. The summed E-state index contributed by atoms with van der Waals surface area (Å²) >= 11 is 3.22. The Labute approximate surface area is 425 Å². The van der Waals surface area contributed by atoms with E-state index in [4.69, 9.17) is 0 Å². The minimum Gasteiger partial charge on any atom is -0.289 e. The van der Waals surface area contributed by atoms with E-state index in [2.05, 4.69) is 62.4 Å². The highest BCUT2D eigenvalue weighted by molar-refractivity contribution is 7.16. The van der Waals surface area contributed by atoms with Gasteiger partial charge in [0.15, 0.2) is 11.6 Å². The van der Waals surface area contributed by atoms with Gasteiger partial charge in [-0.25, -0.2) is 0 Å². The number of ketones is 2. The van der Waals surface area contributed by atoms with Crippen LogP contribution in [0.3, 0.4) is 0 Å². The van der Waals surface area contributed by atoms with Crippen molar-refractivity contribution in [2.45, 2.75) is 109 Å². The van der Waals surface area contributed by atoms with E-state index < -0.39 is 0 Å². The van der Waals surface area contributed by atoms with Gasteiger partial charge >= 0.3 is 0 Å². The summed E-state index contributed by atoms with van der Waals surface area (Å²) in [5.74, 6) is -0.363. The van der Waals surface area contributed by atoms with Gasteiger partial charge in [-0.05, 0) is 106 Å². The molecule has 3 aliphatic rings. The van der Waals surface area contributed by atoms with Crippen molar-refractivity contribution in [3.05, 3.63) is 175 Å². The van der Waals surface area contributed by atoms with E-state index in [1.807, 2.05) is 72.8 Å². The average molecular weight is 963 g/mol. The highest BCUT2D eigenvalue weighted by Gasteiger charge is 2.43. The number of fused-ring (bicyclic) bond motifs is 5. The summed E-state index contributed by atoms with van der Waals surface area (Å²) in [7, 11) is 0. The molecule has 3 aliphatic carbocycles. The van der Waals surface area contributed by atoms with Crippen LogP contribution in [0.15, 0.2) is 131 Å². The predicted molar refractivity (Wildman–Crippen MR) is 289 cm³/mol. The van der Waals surface area contributed by atoms with Crippen molar-refractivity contribution in [2.75, 3.05) is 0 Å². The Hall–Kier alpha value is -7.46. The molecule has 0 saturated heterocycles. The molecule has 2 aromatic heterocycles. The lowest BCUT2D eigenvalue weighted by Gasteiger charge is -2.33. The molecule has 8 heteroatoms. The van der Waals surface area contributed by atoms with Gasteiger partial charge in [0.05, 0.1) is 0 Å². The minimum absolute atomic E-state index is 0.0679. The normalized spacial score (nSPS) is 15.0. The van der Waals surface area contributed by atoms with Crippen LogP contribution in [0.1, 0.15) is 156 Å². The molecule has 0 bridgehead atoms. The number of hydrogen-bond acceptors (Lipinski definition) is 8. The first-order chi connectivity index (χ1) is 34.8. The third kappa shape index (κ3) is 9.35. The van der Waals surface area contributed by atoms with E-state index in [-0.39, 0.29) is 28.1 Å². The SMILES string of the molecule is CCCCCCCCC1(CCCCCCCC)c2cc(-c3ccc(C=C4C(=O)c5ccccc5C4=C(C#N)C#N)s3)ccc2-c2ccc(-c3ccc(C=C4C(=O)c5ccccc5C4=C(C#N)C#N)s3)cc21. The molecule has 9 rings (SSSR count). The summed E-state index contributed by atoms with van der Waals surface area (Å²) in [5, 5.41) is 39.7. The topological polar surface area (TPSA) is 129 Å². The molecule has 0 atom stereocenters. The number of hydrogen-bond donors (Lipinski definition) is 0. The zero-order valence-electron chi connectivity index (χ0n) is 40.4. The third-order valence-electron chi connectivity index (χ3n) is 14.5. The zero-order valence-corrected chi connectivity index (χ0v) is 42.0. The third-order valence-corrected chi connectivity index (χ3v) is 16.7. The van der Waals surface area contributed by atoms with Crippen LogP contribution in [0.2, 0.25) is 0 Å². The van der Waals surface area contributed by atoms with E-state index in [0.717, 1.165) is 56.3 Å². The molecule has 0 radical (unpaired) electrons. The molecule has 2 heterocycles. The van der Waals surface area contributed by atoms with Crippen molar-refractivity contribution >= 4 is 57.5 Å². The smallest absolute Gasteiger partial charge is 0.194 e. The number of carbonyl (C=O) groups is 2. The Bertz CT molecular complexity index is 3140. The number of unbranched alkanes of at least 4 members (excludes halogenated alkanes) is 10. The van der Waals surface area contributed by atoms with Crippen molar-refractivity contribution in [3.63, 3.8) is 0 Å². The van der Waals surface area contributed by atoms with Crippen LogP contribution in [0.4, 0.5) is 0 Å². The van der Waals surface area contributed by atoms with Gasteiger partial charge in [0, 0.05) is 58.3 Å². The van der Waals surface area contributed by atoms with E-state index in [0.29, 0.717) is 44.5 Å². The van der Waals surface area contributed by atoms with Crippen LogP contribution < -0.4 is 0 Å². The Morgan fingerprint density at radius 2 is 0.845 bits per heavy atom. The molecular weight excluding hydrogens is 909 g/mol. The molecule has 350 valence electrons. The number of rotatable bonds is 18. The fourth-order valence-corrected chi connectivity index (χ4v) is 12.9. The van der Waals surface area contributed by atoms with E-state index in [1.165, 1.54) is 86.5 Å². The van der Waals surface area contributed by atoms with Crippen molar-refractivity contribution < 1.29 is 9.59 Å². The summed E-state index contributed by atoms with van der Waals surface area (Å²) in [6, 6.07) is 44.8. The van der Waals surface area contributed by atoms with Crippen LogP contribution in [0.25, 0.3) is 55.3 Å². The first-order valence-corrected chi connectivity index (χ1v) is 26.7. The van der Waals surface area contributed by atoms with Crippen LogP contribution in [0.5, 0.6) is 0 Å². The van der Waals surface area contributed by atoms with Gasteiger partial charge in [0.25, 0.3) is 0 Å². The summed E-state index contributed by atoms with van der Waals surface area (Å²) in [6.07, 6.45) is 20.3. The van der Waals surface area contributed by atoms with Gasteiger partial charge in [-0.15, -0.1) is 22.7 Å². The lowest BCUT2D eigenvalue weighted by molar-refractivity contribution is 0.103. The van der Waals surface area contributed by atoms with Gasteiger partial charge in [-0.3, -0.25) is 9.59 Å². The summed E-state index contributed by atoms with van der Waals surface area (Å²) in [5.41, 5.74) is 11.0. The highest BCUT2D eigenvalue weighted by Crippen LogP contribution is 2.56. The summed E-state index contributed by atoms with van der Waals surface area (Å²) < 4.78 is 0. The number of nitriles is 4. The van der Waals surface area contributed by atoms with Crippen molar-refractivity contribution in [1.82, 2.24) is 0 Å². The molecule has 4 aromatic carbocycles. The fourth-order valence-electron chi connectivity index (χ4n) is 11.0. The summed E-state index contributed by atoms with van der Waals surface area (Å²) in [4.78, 5) is 31.5. The molecule has 71 heavy (non-hydrogen) atoms. The van der Waals surface area contributed by atoms with Gasteiger partial charge < -0.3 is 0 Å². The van der Waals surface area contributed by atoms with Crippen molar-refractivity contribution in [3.8, 4) is 56.3 Å². The Kier molecular flexibility index (Phi) is 14.8. The van der Waals surface area contributed by atoms with Crippen molar-refractivity contribution in [2.24, 2.45) is 0 Å². The molecule has 0 spiro atoms. The standard InChI is InChI=1S/C63H54N4O2S2/c1-3-5-7-9-11-17-31-63(32-18-12-10-8-6-4-2)55-33-41(57-29-25-45(70-57)35-53-59(43(37-64)38-65)49-19-13-15-21-51(49)61(53)68)23-27-47(55)48-28-24-42(34-56(48)63)58-30-26-46(71-58)36-54-60(44(39-66)40-67)50-20-14-16-22-52(50)62(54)69/h13-16,19-30,33-36H,3-12,17-18,31-32H2,1-2H3. The number of benzene rings is 4. The monoisotopic (exact) mass is 962 g/mol. The Balaban J connectivity index is 1.11. The molecule has 0 aliphatic heterocycles. The molecule has 0 fully saturated rings. The zero-order chi connectivity index (χ0) is 49.5. The predicted octanol–water partition coefficient (Wildman–Crippen LogP) is 17.1. The molecule has 6 nitrogen and oxygen atoms in total. The maximum absolute atomic E-state index is 13.8. The lowest BCUT2D eigenvalue weighted by Crippen LogP contribution is -2.25. The number of Topliss-reactive ketones (excluding diaryl/α,β-unsaturated/α-hetero) is 2. The maximum Gasteiger partial charge on any atom is 0.194 e. The van der Waals surface area contributed by atoms with Gasteiger partial charge in [-0.2, -0.15) is 21.0 Å². The Morgan fingerprint density at radius 1 is 0.465 bits per heavy atom. The second-order valence-corrected chi connectivity index (χ2v) is 21.1. The van der Waals surface area contributed by atoms with Gasteiger partial charge in [0.2, 0.25) is 0 Å². The fraction of sp³-hybridized carbons (Fsp3) is 0.270. The average Bonchev–Trinajstić information content (AvgIpc) is 4.23. The van der Waals surface area contributed by atoms with Gasteiger partial charge in [0.1, 0.15) is 35.4 Å². The van der Waals surface area contributed by atoms with Crippen LogP contribution in [-0.2, 0) is 5.41 Å². The van der Waals surface area contributed by atoms with E-state index in [1.54, 1.807) is 46.9 Å². The number of thiophene rings is 2. The van der Waals surface area contributed by atoms with Gasteiger partial charge in [-0.1, -0.05) is 164 Å². The second kappa shape index (κ2) is 21.7. The first kappa shape index (κ1) is 48.6. The lowest BCUT2D eigenvalue weighted by atomic mass is 9.70. The maximum atomic E-state index is 13.8. The van der Waals surface area contributed by atoms with Crippen LogP contribution in [-0.4, -0.2) is 11.6 Å². The molecule has 0 saturated carbocycles. The second-order valence-electron chi connectivity index (χ2n) is 18.9. The van der Waals surface area contributed by atoms with Crippen molar-refractivity contribution in [1.29, 1.82) is 21.0 Å². The largest absolute Gasteiger partial charge is 0.289 e. The van der Waals surface area contributed by atoms with E-state index >= 15 is 0 Å². The number of allylic oxidation sites excluding steroid dienone is 6. The number of carbonyl (C=O) groups excluding carboxylic acids is 2. The molecule has 6 aromatic rings. The first-order valence-electron chi connectivity index (χ1n) is 25.1. The summed E-state index contributed by atoms with van der Waals surface area (Å²) in [6.45, 7) is 4.53. The minimum atomic E-state index is -0.213.